The largest absolute Gasteiger partial charge is 0.366 e. The van der Waals surface area contributed by atoms with Crippen LogP contribution in [-0.4, -0.2) is 37.6 Å². The van der Waals surface area contributed by atoms with Crippen molar-refractivity contribution in [1.82, 2.24) is 4.90 Å². The van der Waals surface area contributed by atoms with Crippen molar-refractivity contribution in [2.24, 2.45) is 5.92 Å². The number of hydrogen-bond donors (Lipinski definition) is 0. The van der Waals surface area contributed by atoms with Crippen LogP contribution in [0.3, 0.4) is 0 Å². The van der Waals surface area contributed by atoms with E-state index in [4.69, 9.17) is 0 Å². The predicted molar refractivity (Wildman–Crippen MR) is 63.3 cm³/mol. The number of rotatable bonds is 1. The number of hydrogen-bond acceptors (Lipinski definition) is 2. The minimum atomic E-state index is 0.776. The Kier molecular flexibility index (Phi) is 1.99. The van der Waals surface area contributed by atoms with Crippen molar-refractivity contribution in [2.75, 3.05) is 31.6 Å². The van der Waals surface area contributed by atoms with Crippen LogP contribution in [0.1, 0.15) is 5.56 Å². The Hall–Kier alpha value is -1.02. The molecular formula is C13H18N2. The van der Waals surface area contributed by atoms with E-state index in [2.05, 4.69) is 48.0 Å². The van der Waals surface area contributed by atoms with Gasteiger partial charge in [-0.3, -0.25) is 0 Å². The summed E-state index contributed by atoms with van der Waals surface area (Å²) in [4.78, 5) is 5.00. The topological polar surface area (TPSA) is 6.48 Å². The zero-order valence-electron chi connectivity index (χ0n) is 9.48. The molecule has 15 heavy (non-hydrogen) atoms. The van der Waals surface area contributed by atoms with Gasteiger partial charge in [0.1, 0.15) is 0 Å². The number of anilines is 1. The van der Waals surface area contributed by atoms with Gasteiger partial charge in [0.15, 0.2) is 0 Å². The van der Waals surface area contributed by atoms with Gasteiger partial charge in [-0.1, -0.05) is 17.7 Å². The van der Waals surface area contributed by atoms with Crippen LogP contribution in [0.4, 0.5) is 5.69 Å². The molecule has 0 bridgehead atoms. The molecule has 0 N–H and O–H groups in total. The first-order chi connectivity index (χ1) is 7.24. The first-order valence-electron chi connectivity index (χ1n) is 5.76. The number of nitrogens with zero attached hydrogens (tertiary/aromatic N) is 2. The molecule has 0 aliphatic carbocycles. The van der Waals surface area contributed by atoms with Crippen LogP contribution in [0.25, 0.3) is 0 Å². The summed E-state index contributed by atoms with van der Waals surface area (Å²) >= 11 is 0. The molecule has 1 aromatic rings. The normalized spacial score (nSPS) is 30.1. The summed E-state index contributed by atoms with van der Waals surface area (Å²) in [6, 6.07) is 9.70. The molecule has 0 spiro atoms. The molecule has 0 aromatic heterocycles. The molecule has 1 aromatic carbocycles. The minimum Gasteiger partial charge on any atom is -0.366 e. The van der Waals surface area contributed by atoms with E-state index >= 15 is 0 Å². The maximum atomic E-state index is 2.55. The molecule has 2 heterocycles. The lowest BCUT2D eigenvalue weighted by Crippen LogP contribution is -2.55. The highest BCUT2D eigenvalue weighted by atomic mass is 15.3. The summed E-state index contributed by atoms with van der Waals surface area (Å²) in [5.74, 6) is 0.913. The highest BCUT2D eigenvalue weighted by Crippen LogP contribution is 2.35. The summed E-state index contributed by atoms with van der Waals surface area (Å²) in [6.07, 6.45) is 0. The molecule has 80 valence electrons. The fourth-order valence-corrected chi connectivity index (χ4v) is 2.88. The lowest BCUT2D eigenvalue weighted by molar-refractivity contribution is 0.361. The smallest absolute Gasteiger partial charge is 0.0474 e. The molecule has 2 aliphatic rings. The molecule has 2 heteroatoms. The number of likely N-dealkylation sites (N-methyl/N-ethyl adjacent to an activating group) is 1. The van der Waals surface area contributed by atoms with Gasteiger partial charge in [-0.15, -0.1) is 0 Å². The van der Waals surface area contributed by atoms with E-state index in [1.807, 2.05) is 0 Å². The molecule has 0 saturated carbocycles. The second-order valence-corrected chi connectivity index (χ2v) is 5.04. The van der Waals surface area contributed by atoms with E-state index < -0.39 is 0 Å². The fourth-order valence-electron chi connectivity index (χ4n) is 2.88. The Balaban J connectivity index is 1.77. The van der Waals surface area contributed by atoms with Crippen molar-refractivity contribution in [3.05, 3.63) is 29.8 Å². The highest BCUT2D eigenvalue weighted by Gasteiger charge is 2.44. The molecule has 0 amide bonds. The lowest BCUT2D eigenvalue weighted by Gasteiger charge is -2.45. The monoisotopic (exact) mass is 202 g/mol. The molecule has 2 nitrogen and oxygen atoms in total. The maximum Gasteiger partial charge on any atom is 0.0474 e. The van der Waals surface area contributed by atoms with Gasteiger partial charge < -0.3 is 9.80 Å². The van der Waals surface area contributed by atoms with Crippen molar-refractivity contribution < 1.29 is 0 Å². The molecule has 2 atom stereocenters. The van der Waals surface area contributed by atoms with E-state index in [1.54, 1.807) is 0 Å². The van der Waals surface area contributed by atoms with Crippen molar-refractivity contribution in [3.63, 3.8) is 0 Å². The average molecular weight is 202 g/mol. The SMILES string of the molecule is Cc1ccc(N2C[C@@H]3CN(C)C[C@@H]32)cc1. The number of likely N-dealkylation sites (tertiary alicyclic amines) is 1. The Labute approximate surface area is 91.5 Å². The van der Waals surface area contributed by atoms with Crippen molar-refractivity contribution in [3.8, 4) is 0 Å². The summed E-state index contributed by atoms with van der Waals surface area (Å²) in [5.41, 5.74) is 2.75. The van der Waals surface area contributed by atoms with Gasteiger partial charge >= 0.3 is 0 Å². The zero-order chi connectivity index (χ0) is 10.4. The third-order valence-corrected chi connectivity index (χ3v) is 3.79. The molecule has 2 fully saturated rings. The average Bonchev–Trinajstić information content (AvgIpc) is 2.49. The molecular weight excluding hydrogens is 184 g/mol. The van der Waals surface area contributed by atoms with Crippen LogP contribution < -0.4 is 4.90 Å². The summed E-state index contributed by atoms with van der Waals surface area (Å²) in [7, 11) is 2.23. The molecule has 2 aliphatic heterocycles. The number of benzene rings is 1. The van der Waals surface area contributed by atoms with Gasteiger partial charge in [-0.25, -0.2) is 0 Å². The molecule has 0 unspecified atom stereocenters. The van der Waals surface area contributed by atoms with Crippen molar-refractivity contribution >= 4 is 5.69 Å². The number of fused-ring (bicyclic) bond motifs is 1. The Morgan fingerprint density at radius 2 is 1.80 bits per heavy atom. The van der Waals surface area contributed by atoms with Gasteiger partial charge in [0, 0.05) is 37.3 Å². The van der Waals surface area contributed by atoms with Crippen LogP contribution in [0.15, 0.2) is 24.3 Å². The third kappa shape index (κ3) is 1.44. The van der Waals surface area contributed by atoms with Crippen LogP contribution >= 0.6 is 0 Å². The Bertz CT molecular complexity index is 357. The fraction of sp³-hybridized carbons (Fsp3) is 0.538. The summed E-state index contributed by atoms with van der Waals surface area (Å²) < 4.78 is 0. The number of aryl methyl sites for hydroxylation is 1. The first-order valence-corrected chi connectivity index (χ1v) is 5.76. The van der Waals surface area contributed by atoms with Gasteiger partial charge in [0.25, 0.3) is 0 Å². The van der Waals surface area contributed by atoms with E-state index in [1.165, 1.54) is 30.9 Å². The highest BCUT2D eigenvalue weighted by molar-refractivity contribution is 5.52. The predicted octanol–water partition coefficient (Wildman–Crippen LogP) is 1.75. The maximum absolute atomic E-state index is 2.55. The van der Waals surface area contributed by atoms with Crippen LogP contribution in [-0.2, 0) is 0 Å². The molecule has 2 saturated heterocycles. The van der Waals surface area contributed by atoms with E-state index in [0.717, 1.165) is 12.0 Å². The zero-order valence-corrected chi connectivity index (χ0v) is 9.48. The molecule has 3 rings (SSSR count). The standard InChI is InChI=1S/C13H18N2/c1-10-3-5-12(6-4-10)15-8-11-7-14(2)9-13(11)15/h3-6,11,13H,7-9H2,1-2H3/t11-,13-/m0/s1. The van der Waals surface area contributed by atoms with Crippen LogP contribution in [0, 0.1) is 12.8 Å². The van der Waals surface area contributed by atoms with E-state index in [-0.39, 0.29) is 0 Å². The van der Waals surface area contributed by atoms with Crippen LogP contribution in [0.5, 0.6) is 0 Å². The second kappa shape index (κ2) is 3.24. The summed E-state index contributed by atoms with van der Waals surface area (Å²) in [5, 5.41) is 0. The van der Waals surface area contributed by atoms with Crippen molar-refractivity contribution in [1.29, 1.82) is 0 Å². The minimum absolute atomic E-state index is 0.776. The van der Waals surface area contributed by atoms with Gasteiger partial charge in [-0.05, 0) is 26.1 Å². The Morgan fingerprint density at radius 1 is 1.07 bits per heavy atom. The lowest BCUT2D eigenvalue weighted by atomic mass is 9.91. The van der Waals surface area contributed by atoms with Gasteiger partial charge in [0.2, 0.25) is 0 Å². The van der Waals surface area contributed by atoms with E-state index in [9.17, 15) is 0 Å². The van der Waals surface area contributed by atoms with Gasteiger partial charge in [-0.2, -0.15) is 0 Å². The third-order valence-electron chi connectivity index (χ3n) is 3.79. The second-order valence-electron chi connectivity index (χ2n) is 5.04. The first kappa shape index (κ1) is 9.22. The van der Waals surface area contributed by atoms with Crippen LogP contribution in [0.2, 0.25) is 0 Å². The molecule has 0 radical (unpaired) electrons. The van der Waals surface area contributed by atoms with Gasteiger partial charge in [0.05, 0.1) is 0 Å². The Morgan fingerprint density at radius 3 is 2.47 bits per heavy atom. The van der Waals surface area contributed by atoms with E-state index in [0.29, 0.717) is 0 Å². The quantitative estimate of drug-likeness (QED) is 0.684. The van der Waals surface area contributed by atoms with Crippen molar-refractivity contribution in [2.45, 2.75) is 13.0 Å². The summed E-state index contributed by atoms with van der Waals surface area (Å²) in [6.45, 7) is 5.91.